The molecule has 2 rings (SSSR count). The third-order valence-corrected chi connectivity index (χ3v) is 6.15. The van der Waals surface area contributed by atoms with Crippen molar-refractivity contribution in [1.29, 1.82) is 0 Å². The van der Waals surface area contributed by atoms with Gasteiger partial charge in [-0.05, 0) is 39.2 Å². The molecule has 0 bridgehead atoms. The molecule has 0 saturated carbocycles. The van der Waals surface area contributed by atoms with Crippen LogP contribution < -0.4 is 0 Å². The van der Waals surface area contributed by atoms with Crippen molar-refractivity contribution in [3.8, 4) is 0 Å². The fraction of sp³-hybridized carbons (Fsp3) is 0.714. The van der Waals surface area contributed by atoms with Gasteiger partial charge in [0.05, 0.1) is 5.88 Å². The van der Waals surface area contributed by atoms with Crippen molar-refractivity contribution in [3.63, 3.8) is 0 Å². The van der Waals surface area contributed by atoms with Crippen molar-refractivity contribution >= 4 is 21.6 Å². The first kappa shape index (κ1) is 15.9. The van der Waals surface area contributed by atoms with Crippen LogP contribution in [0.5, 0.6) is 0 Å². The van der Waals surface area contributed by atoms with E-state index in [1.54, 1.807) is 16.6 Å². The molecule has 2 atom stereocenters. The number of aromatic nitrogens is 1. The van der Waals surface area contributed by atoms with E-state index in [0.29, 0.717) is 23.2 Å². The second kappa shape index (κ2) is 5.70. The van der Waals surface area contributed by atoms with Crippen LogP contribution in [-0.4, -0.2) is 29.9 Å². The zero-order chi connectivity index (χ0) is 15.1. The van der Waals surface area contributed by atoms with E-state index >= 15 is 0 Å². The molecule has 4 nitrogen and oxygen atoms in total. The molecule has 0 N–H and O–H groups in total. The van der Waals surface area contributed by atoms with Gasteiger partial charge in [0.25, 0.3) is 0 Å². The summed E-state index contributed by atoms with van der Waals surface area (Å²) in [5.41, 5.74) is 0.847. The van der Waals surface area contributed by atoms with Gasteiger partial charge in [-0.3, -0.25) is 0 Å². The lowest BCUT2D eigenvalue weighted by Crippen LogP contribution is -2.33. The fourth-order valence-corrected chi connectivity index (χ4v) is 4.99. The lowest BCUT2D eigenvalue weighted by molar-refractivity contribution is 0.405. The normalized spacial score (nSPS) is 24.7. The summed E-state index contributed by atoms with van der Waals surface area (Å²) in [5.74, 6) is 0.735. The molecule has 0 aromatic carbocycles. The average molecular weight is 319 g/mol. The third-order valence-electron chi connectivity index (χ3n) is 3.93. The maximum absolute atomic E-state index is 12.8. The van der Waals surface area contributed by atoms with Gasteiger partial charge < -0.3 is 4.57 Å². The summed E-state index contributed by atoms with van der Waals surface area (Å²) in [4.78, 5) is 0.364. The van der Waals surface area contributed by atoms with Gasteiger partial charge in [0, 0.05) is 30.5 Å². The molecule has 0 amide bonds. The van der Waals surface area contributed by atoms with Crippen molar-refractivity contribution in [3.05, 3.63) is 18.0 Å². The van der Waals surface area contributed by atoms with E-state index in [2.05, 4.69) is 6.92 Å². The zero-order valence-corrected chi connectivity index (χ0v) is 14.1. The van der Waals surface area contributed by atoms with Gasteiger partial charge in [0.1, 0.15) is 4.90 Å². The molecule has 1 aromatic rings. The molecule has 1 fully saturated rings. The number of alkyl halides is 1. The molecule has 1 aliphatic heterocycles. The molecule has 2 heterocycles. The highest BCUT2D eigenvalue weighted by Crippen LogP contribution is 2.30. The minimum atomic E-state index is -3.41. The maximum atomic E-state index is 12.8. The van der Waals surface area contributed by atoms with Crippen molar-refractivity contribution in [1.82, 2.24) is 8.87 Å². The number of nitrogens with zero attached hydrogens (tertiary/aromatic N) is 2. The molecular weight excluding hydrogens is 296 g/mol. The number of hydrogen-bond donors (Lipinski definition) is 0. The van der Waals surface area contributed by atoms with Gasteiger partial charge in [0.15, 0.2) is 0 Å². The largest absolute Gasteiger partial charge is 0.346 e. The van der Waals surface area contributed by atoms with Crippen LogP contribution in [0.1, 0.15) is 45.9 Å². The summed E-state index contributed by atoms with van der Waals surface area (Å²) in [7, 11) is -3.41. The summed E-state index contributed by atoms with van der Waals surface area (Å²) < 4.78 is 29.1. The molecular formula is C14H23ClN2O2S. The molecule has 0 radical (unpaired) electrons. The maximum Gasteiger partial charge on any atom is 0.244 e. The summed E-state index contributed by atoms with van der Waals surface area (Å²) in [5, 5.41) is 0. The third kappa shape index (κ3) is 2.76. The molecule has 0 spiro atoms. The van der Waals surface area contributed by atoms with Gasteiger partial charge in [-0.15, -0.1) is 11.6 Å². The van der Waals surface area contributed by atoms with Gasteiger partial charge >= 0.3 is 0 Å². The summed E-state index contributed by atoms with van der Waals surface area (Å²) in [6, 6.07) is 1.97. The second-order valence-electron chi connectivity index (χ2n) is 6.07. The predicted molar refractivity (Wildman–Crippen MR) is 81.5 cm³/mol. The van der Waals surface area contributed by atoms with E-state index in [1.807, 2.05) is 25.3 Å². The van der Waals surface area contributed by atoms with Crippen LogP contribution in [0.15, 0.2) is 17.2 Å². The minimum Gasteiger partial charge on any atom is -0.346 e. The lowest BCUT2D eigenvalue weighted by Gasteiger charge is -2.20. The minimum absolute atomic E-state index is 0.0665. The van der Waals surface area contributed by atoms with E-state index in [4.69, 9.17) is 11.6 Å². The summed E-state index contributed by atoms with van der Waals surface area (Å²) >= 11 is 5.92. The van der Waals surface area contributed by atoms with E-state index < -0.39 is 10.0 Å². The molecule has 1 aromatic heterocycles. The van der Waals surface area contributed by atoms with Crippen LogP contribution in [0, 0.1) is 5.92 Å². The molecule has 6 heteroatoms. The molecule has 2 unspecified atom stereocenters. The Morgan fingerprint density at radius 2 is 2.05 bits per heavy atom. The monoisotopic (exact) mass is 318 g/mol. The van der Waals surface area contributed by atoms with Crippen molar-refractivity contribution in [2.24, 2.45) is 5.92 Å². The number of rotatable bonds is 4. The van der Waals surface area contributed by atoms with Crippen LogP contribution in [0.25, 0.3) is 0 Å². The summed E-state index contributed by atoms with van der Waals surface area (Å²) in [6.45, 7) is 8.71. The van der Waals surface area contributed by atoms with Crippen LogP contribution in [0.4, 0.5) is 0 Å². The molecule has 0 aliphatic carbocycles. The van der Waals surface area contributed by atoms with E-state index in [-0.39, 0.29) is 12.1 Å². The Kier molecular flexibility index (Phi) is 4.52. The van der Waals surface area contributed by atoms with Gasteiger partial charge in [-0.1, -0.05) is 6.92 Å². The number of halogens is 1. The molecule has 1 saturated heterocycles. The molecule has 114 valence electrons. The van der Waals surface area contributed by atoms with Crippen LogP contribution >= 0.6 is 11.6 Å². The van der Waals surface area contributed by atoms with Crippen molar-refractivity contribution in [2.75, 3.05) is 6.54 Å². The van der Waals surface area contributed by atoms with E-state index in [9.17, 15) is 8.42 Å². The van der Waals surface area contributed by atoms with Crippen LogP contribution in [0.2, 0.25) is 0 Å². The first-order valence-corrected chi connectivity index (χ1v) is 9.03. The van der Waals surface area contributed by atoms with Crippen LogP contribution in [-0.2, 0) is 15.9 Å². The zero-order valence-electron chi connectivity index (χ0n) is 12.5. The Balaban J connectivity index is 2.40. The molecule has 20 heavy (non-hydrogen) atoms. The molecule has 1 aliphatic rings. The van der Waals surface area contributed by atoms with Gasteiger partial charge in [-0.25, -0.2) is 8.42 Å². The number of sulfonamides is 1. The first-order valence-electron chi connectivity index (χ1n) is 7.06. The Hall–Kier alpha value is -0.520. The fourth-order valence-electron chi connectivity index (χ4n) is 2.96. The van der Waals surface area contributed by atoms with Crippen molar-refractivity contribution < 1.29 is 8.42 Å². The Labute approximate surface area is 126 Å². The van der Waals surface area contributed by atoms with Gasteiger partial charge in [-0.2, -0.15) is 4.31 Å². The highest BCUT2D eigenvalue weighted by Gasteiger charge is 2.36. The topological polar surface area (TPSA) is 42.3 Å². The average Bonchev–Trinajstić information content (AvgIpc) is 2.92. The highest BCUT2D eigenvalue weighted by molar-refractivity contribution is 7.89. The predicted octanol–water partition coefficient (Wildman–Crippen LogP) is 3.23. The Morgan fingerprint density at radius 3 is 2.45 bits per heavy atom. The smallest absolute Gasteiger partial charge is 0.244 e. The highest BCUT2D eigenvalue weighted by atomic mass is 35.5. The standard InChI is InChI=1S/C14H23ClN2O2S/c1-10(2)16-9-14(6-13(16)7-15)20(18,19)17-8-11(3)5-12(17)4/h6,9-12H,5,7-8H2,1-4H3. The van der Waals surface area contributed by atoms with E-state index in [1.165, 1.54) is 0 Å². The lowest BCUT2D eigenvalue weighted by atomic mass is 10.1. The quantitative estimate of drug-likeness (QED) is 0.800. The SMILES string of the molecule is CC1CC(C)N(S(=O)(=O)c2cc(CCl)n(C(C)C)c2)C1. The Morgan fingerprint density at radius 1 is 1.40 bits per heavy atom. The van der Waals surface area contributed by atoms with Gasteiger partial charge in [0.2, 0.25) is 10.0 Å². The Bertz CT molecular complexity index is 580. The summed E-state index contributed by atoms with van der Waals surface area (Å²) in [6.07, 6.45) is 2.64. The van der Waals surface area contributed by atoms with E-state index in [0.717, 1.165) is 12.1 Å². The van der Waals surface area contributed by atoms with Crippen LogP contribution in [0.3, 0.4) is 0 Å². The first-order chi connectivity index (χ1) is 9.27. The number of hydrogen-bond acceptors (Lipinski definition) is 2. The van der Waals surface area contributed by atoms with Crippen molar-refractivity contribution in [2.45, 2.75) is 57.0 Å². The second-order valence-corrected chi connectivity index (χ2v) is 8.22.